The number of nitrogens with zero attached hydrogens (tertiary/aromatic N) is 1. The molecule has 24 heavy (non-hydrogen) atoms. The molecule has 0 aromatic carbocycles. The quantitative estimate of drug-likeness (QED) is 0.305. The topological polar surface area (TPSA) is 64.1 Å². The van der Waals surface area contributed by atoms with Gasteiger partial charge in [0.05, 0.1) is 6.10 Å². The molecule has 0 aliphatic carbocycles. The molecule has 142 valence electrons. The molecule has 0 aromatic heterocycles. The van der Waals surface area contributed by atoms with Crippen molar-refractivity contribution in [3.05, 3.63) is 0 Å². The van der Waals surface area contributed by atoms with Crippen LogP contribution in [-0.4, -0.2) is 64.7 Å². The lowest BCUT2D eigenvalue weighted by Gasteiger charge is -2.22. The largest absolute Gasteiger partial charge is 0.381 e. The van der Waals surface area contributed by atoms with Crippen molar-refractivity contribution in [1.82, 2.24) is 10.6 Å². The van der Waals surface area contributed by atoms with E-state index in [1.165, 1.54) is 6.42 Å². The summed E-state index contributed by atoms with van der Waals surface area (Å²) >= 11 is 0. The van der Waals surface area contributed by atoms with E-state index >= 15 is 0 Å². The van der Waals surface area contributed by atoms with Crippen molar-refractivity contribution < 1.29 is 14.2 Å². The van der Waals surface area contributed by atoms with Crippen LogP contribution in [0.1, 0.15) is 52.4 Å². The average Bonchev–Trinajstić information content (AvgIpc) is 2.61. The van der Waals surface area contributed by atoms with E-state index in [-0.39, 0.29) is 0 Å². The maximum absolute atomic E-state index is 5.87. The van der Waals surface area contributed by atoms with Gasteiger partial charge in [0.25, 0.3) is 0 Å². The lowest BCUT2D eigenvalue weighted by atomic mass is 10.1. The third kappa shape index (κ3) is 11.6. The Bertz CT molecular complexity index is 308. The summed E-state index contributed by atoms with van der Waals surface area (Å²) in [4.78, 5) is 4.58. The third-order valence-corrected chi connectivity index (χ3v) is 3.84. The number of guanidine groups is 1. The van der Waals surface area contributed by atoms with Gasteiger partial charge in [-0.3, -0.25) is 4.99 Å². The van der Waals surface area contributed by atoms with Crippen LogP contribution in [0, 0.1) is 0 Å². The van der Waals surface area contributed by atoms with Crippen LogP contribution < -0.4 is 10.6 Å². The highest BCUT2D eigenvalue weighted by Crippen LogP contribution is 2.10. The average molecular weight is 344 g/mol. The van der Waals surface area contributed by atoms with Gasteiger partial charge in [-0.05, 0) is 39.0 Å². The van der Waals surface area contributed by atoms with E-state index < -0.39 is 0 Å². The van der Waals surface area contributed by atoms with Crippen LogP contribution in [0.3, 0.4) is 0 Å². The van der Waals surface area contributed by atoms with Crippen molar-refractivity contribution in [1.29, 1.82) is 0 Å². The number of hydrogen-bond donors (Lipinski definition) is 2. The summed E-state index contributed by atoms with van der Waals surface area (Å²) in [6.45, 7) is 10.9. The van der Waals surface area contributed by atoms with Gasteiger partial charge in [0, 0.05) is 52.7 Å². The number of hydrogen-bond acceptors (Lipinski definition) is 4. The Hall–Kier alpha value is -0.850. The summed E-state index contributed by atoms with van der Waals surface area (Å²) in [6.07, 6.45) is 6.72. The molecule has 0 radical (unpaired) electrons. The molecule has 6 heteroatoms. The van der Waals surface area contributed by atoms with Gasteiger partial charge >= 0.3 is 0 Å². The van der Waals surface area contributed by atoms with Crippen molar-refractivity contribution in [3.8, 4) is 0 Å². The molecule has 0 atom stereocenters. The van der Waals surface area contributed by atoms with E-state index in [1.807, 2.05) is 0 Å². The van der Waals surface area contributed by atoms with Crippen LogP contribution in [0.15, 0.2) is 4.99 Å². The van der Waals surface area contributed by atoms with Crippen LogP contribution in [0.2, 0.25) is 0 Å². The minimum Gasteiger partial charge on any atom is -0.381 e. The molecule has 1 saturated heterocycles. The number of unbranched alkanes of at least 4 members (excludes halogenated alkanes) is 1. The number of nitrogens with one attached hydrogen (secondary N) is 2. The smallest absolute Gasteiger partial charge is 0.191 e. The van der Waals surface area contributed by atoms with Crippen LogP contribution >= 0.6 is 0 Å². The lowest BCUT2D eigenvalue weighted by molar-refractivity contribution is -0.0320. The Morgan fingerprint density at radius 2 is 1.83 bits per heavy atom. The van der Waals surface area contributed by atoms with Crippen LogP contribution in [-0.2, 0) is 14.2 Å². The predicted octanol–water partition coefficient (Wildman–Crippen LogP) is 2.33. The van der Waals surface area contributed by atoms with Gasteiger partial charge in [-0.1, -0.05) is 13.3 Å². The second-order valence-corrected chi connectivity index (χ2v) is 6.04. The Balaban J connectivity index is 2.03. The maximum atomic E-state index is 5.87. The third-order valence-electron chi connectivity index (χ3n) is 3.84. The molecule has 0 spiro atoms. The van der Waals surface area contributed by atoms with Gasteiger partial charge < -0.3 is 24.8 Å². The van der Waals surface area contributed by atoms with Gasteiger partial charge in [0.15, 0.2) is 5.96 Å². The first-order valence-corrected chi connectivity index (χ1v) is 9.66. The standard InChI is InChI=1S/C18H37N3O3/c1-3-5-12-22-13-6-10-20-18(19-4-2)21-11-7-14-24-17-8-15-23-16-9-17/h17H,3-16H2,1-2H3,(H2,19,20,21). The summed E-state index contributed by atoms with van der Waals surface area (Å²) < 4.78 is 16.8. The molecule has 0 saturated carbocycles. The van der Waals surface area contributed by atoms with Crippen LogP contribution in [0.4, 0.5) is 0 Å². The molecule has 1 heterocycles. The van der Waals surface area contributed by atoms with Gasteiger partial charge in [-0.25, -0.2) is 0 Å². The van der Waals surface area contributed by atoms with E-state index in [2.05, 4.69) is 29.5 Å². The minimum absolute atomic E-state index is 0.383. The molecule has 0 bridgehead atoms. The molecular weight excluding hydrogens is 306 g/mol. The van der Waals surface area contributed by atoms with Gasteiger partial charge in [0.1, 0.15) is 0 Å². The molecule has 0 amide bonds. The first-order valence-electron chi connectivity index (χ1n) is 9.66. The minimum atomic E-state index is 0.383. The van der Waals surface area contributed by atoms with E-state index in [0.717, 1.165) is 90.7 Å². The Morgan fingerprint density at radius 3 is 2.58 bits per heavy atom. The van der Waals surface area contributed by atoms with Crippen LogP contribution in [0.25, 0.3) is 0 Å². The Labute approximate surface area is 147 Å². The molecule has 1 aliphatic rings. The molecule has 1 aliphatic heterocycles. The fourth-order valence-corrected chi connectivity index (χ4v) is 2.42. The molecule has 1 fully saturated rings. The molecule has 2 N–H and O–H groups in total. The van der Waals surface area contributed by atoms with Crippen molar-refractivity contribution in [2.45, 2.75) is 58.5 Å². The highest BCUT2D eigenvalue weighted by atomic mass is 16.5. The highest BCUT2D eigenvalue weighted by molar-refractivity contribution is 5.79. The van der Waals surface area contributed by atoms with Crippen molar-refractivity contribution >= 4 is 5.96 Å². The zero-order valence-corrected chi connectivity index (χ0v) is 15.6. The second-order valence-electron chi connectivity index (χ2n) is 6.04. The molecule has 6 nitrogen and oxygen atoms in total. The van der Waals surface area contributed by atoms with E-state index in [0.29, 0.717) is 6.10 Å². The zero-order valence-electron chi connectivity index (χ0n) is 15.6. The summed E-state index contributed by atoms with van der Waals surface area (Å²) in [7, 11) is 0. The predicted molar refractivity (Wildman–Crippen MR) is 98.7 cm³/mol. The molecular formula is C18H37N3O3. The van der Waals surface area contributed by atoms with E-state index in [4.69, 9.17) is 14.2 Å². The monoisotopic (exact) mass is 343 g/mol. The van der Waals surface area contributed by atoms with Crippen molar-refractivity contribution in [3.63, 3.8) is 0 Å². The fourth-order valence-electron chi connectivity index (χ4n) is 2.42. The van der Waals surface area contributed by atoms with Crippen molar-refractivity contribution in [2.75, 3.05) is 52.7 Å². The van der Waals surface area contributed by atoms with Crippen LogP contribution in [0.5, 0.6) is 0 Å². The summed E-state index contributed by atoms with van der Waals surface area (Å²) in [5, 5.41) is 6.64. The van der Waals surface area contributed by atoms with Gasteiger partial charge in [-0.15, -0.1) is 0 Å². The number of ether oxygens (including phenoxy) is 3. The number of aliphatic imine (C=N–C) groups is 1. The van der Waals surface area contributed by atoms with E-state index in [9.17, 15) is 0 Å². The van der Waals surface area contributed by atoms with E-state index in [1.54, 1.807) is 0 Å². The summed E-state index contributed by atoms with van der Waals surface area (Å²) in [5.41, 5.74) is 0. The SMILES string of the molecule is CCCCOCCCN=C(NCC)NCCCOC1CCOCC1. The summed E-state index contributed by atoms with van der Waals surface area (Å²) in [5.74, 6) is 0.886. The fraction of sp³-hybridized carbons (Fsp3) is 0.944. The number of rotatable bonds is 13. The maximum Gasteiger partial charge on any atom is 0.191 e. The van der Waals surface area contributed by atoms with Gasteiger partial charge in [0.2, 0.25) is 0 Å². The van der Waals surface area contributed by atoms with Gasteiger partial charge in [-0.2, -0.15) is 0 Å². The molecule has 0 unspecified atom stereocenters. The van der Waals surface area contributed by atoms with Crippen molar-refractivity contribution in [2.24, 2.45) is 4.99 Å². The summed E-state index contributed by atoms with van der Waals surface area (Å²) in [6, 6.07) is 0. The zero-order chi connectivity index (χ0) is 17.3. The lowest BCUT2D eigenvalue weighted by Crippen LogP contribution is -2.38. The normalized spacial score (nSPS) is 16.3. The first kappa shape index (κ1) is 21.2. The first-order chi connectivity index (χ1) is 11.9. The Morgan fingerprint density at radius 1 is 1.04 bits per heavy atom. The molecule has 0 aromatic rings. The second kappa shape index (κ2) is 15.7. The molecule has 1 rings (SSSR count). The Kier molecular flexibility index (Phi) is 13.8. The highest BCUT2D eigenvalue weighted by Gasteiger charge is 2.13.